The van der Waals surface area contributed by atoms with Crippen LogP contribution in [0.4, 0.5) is 5.69 Å². The lowest BCUT2D eigenvalue weighted by molar-refractivity contribution is -0.116. The van der Waals surface area contributed by atoms with E-state index in [4.69, 9.17) is 5.11 Å². The lowest BCUT2D eigenvalue weighted by Gasteiger charge is -2.05. The largest absolute Gasteiger partial charge is 0.477 e. The van der Waals surface area contributed by atoms with E-state index in [9.17, 15) is 9.59 Å². The van der Waals surface area contributed by atoms with Crippen LogP contribution in [0.1, 0.15) is 35.1 Å². The maximum atomic E-state index is 12.1. The van der Waals surface area contributed by atoms with Crippen LogP contribution in [0.5, 0.6) is 0 Å². The summed E-state index contributed by atoms with van der Waals surface area (Å²) in [5, 5.41) is 24.4. The van der Waals surface area contributed by atoms with Gasteiger partial charge in [0, 0.05) is 37.1 Å². The van der Waals surface area contributed by atoms with E-state index >= 15 is 0 Å². The van der Waals surface area contributed by atoms with Gasteiger partial charge in [-0.25, -0.2) is 4.79 Å². The minimum atomic E-state index is -1.07. The zero-order valence-corrected chi connectivity index (χ0v) is 15.2. The Kier molecular flexibility index (Phi) is 5.34. The molecule has 3 rings (SSSR count). The summed E-state index contributed by atoms with van der Waals surface area (Å²) in [6.45, 7) is 5.54. The van der Waals surface area contributed by atoms with E-state index in [1.54, 1.807) is 17.1 Å². The summed E-state index contributed by atoms with van der Waals surface area (Å²) in [6, 6.07) is 1.40. The number of aromatic carboxylic acids is 1. The van der Waals surface area contributed by atoms with Crippen LogP contribution in [0.2, 0.25) is 0 Å². The van der Waals surface area contributed by atoms with Gasteiger partial charge in [0.25, 0.3) is 0 Å². The number of aromatic nitrogens is 6. The van der Waals surface area contributed by atoms with Gasteiger partial charge >= 0.3 is 5.97 Å². The maximum absolute atomic E-state index is 12.1. The maximum Gasteiger partial charge on any atom is 0.354 e. The second-order valence-corrected chi connectivity index (χ2v) is 6.06. The Morgan fingerprint density at radius 3 is 2.74 bits per heavy atom. The molecule has 0 aromatic carbocycles. The van der Waals surface area contributed by atoms with E-state index in [2.05, 4.69) is 20.6 Å². The van der Waals surface area contributed by atoms with Crippen molar-refractivity contribution >= 4 is 17.6 Å². The summed E-state index contributed by atoms with van der Waals surface area (Å²) in [5.41, 5.74) is 2.65. The monoisotopic (exact) mass is 371 g/mol. The van der Waals surface area contributed by atoms with Gasteiger partial charge in [0.15, 0.2) is 0 Å². The Labute approximate surface area is 155 Å². The second kappa shape index (κ2) is 7.85. The third kappa shape index (κ3) is 4.40. The Balaban J connectivity index is 1.55. The fourth-order valence-corrected chi connectivity index (χ4v) is 2.69. The van der Waals surface area contributed by atoms with Crippen molar-refractivity contribution < 1.29 is 14.7 Å². The number of carbonyl (C=O) groups is 2. The van der Waals surface area contributed by atoms with E-state index in [0.717, 1.165) is 17.8 Å². The molecule has 142 valence electrons. The topological polar surface area (TPSA) is 120 Å². The minimum absolute atomic E-state index is 0.0543. The molecular formula is C17H21N7O3. The van der Waals surface area contributed by atoms with Crippen molar-refractivity contribution in [2.75, 3.05) is 5.32 Å². The van der Waals surface area contributed by atoms with Crippen LogP contribution in [0.15, 0.2) is 30.9 Å². The van der Waals surface area contributed by atoms with Crippen LogP contribution in [0, 0.1) is 6.92 Å². The van der Waals surface area contributed by atoms with Crippen molar-refractivity contribution in [2.45, 2.75) is 39.9 Å². The molecule has 0 aliphatic heterocycles. The van der Waals surface area contributed by atoms with Gasteiger partial charge in [0.1, 0.15) is 5.69 Å². The molecule has 0 saturated heterocycles. The highest BCUT2D eigenvalue weighted by Crippen LogP contribution is 2.11. The number of nitrogens with zero attached hydrogens (tertiary/aromatic N) is 6. The van der Waals surface area contributed by atoms with Gasteiger partial charge in [-0.2, -0.15) is 15.3 Å². The quantitative estimate of drug-likeness (QED) is 0.617. The number of amides is 1. The molecule has 0 radical (unpaired) electrons. The lowest BCUT2D eigenvalue weighted by atomic mass is 10.3. The Bertz CT molecular complexity index is 954. The first-order chi connectivity index (χ1) is 13.0. The second-order valence-electron chi connectivity index (χ2n) is 6.06. The first-order valence-electron chi connectivity index (χ1n) is 8.56. The number of hydrogen-bond donors (Lipinski definition) is 2. The molecular weight excluding hydrogens is 350 g/mol. The van der Waals surface area contributed by atoms with Crippen LogP contribution in [0.25, 0.3) is 0 Å². The molecule has 0 bridgehead atoms. The van der Waals surface area contributed by atoms with Gasteiger partial charge in [-0.3, -0.25) is 18.8 Å². The average Bonchev–Trinajstić information content (AvgIpc) is 3.34. The van der Waals surface area contributed by atoms with Crippen molar-refractivity contribution in [1.82, 2.24) is 29.3 Å². The summed E-state index contributed by atoms with van der Waals surface area (Å²) < 4.78 is 4.90. The molecule has 10 nitrogen and oxygen atoms in total. The molecule has 0 aliphatic rings. The third-order valence-electron chi connectivity index (χ3n) is 4.11. The molecule has 3 aromatic rings. The molecule has 0 fully saturated rings. The van der Waals surface area contributed by atoms with Crippen LogP contribution in [-0.2, 0) is 24.4 Å². The Morgan fingerprint density at radius 2 is 2.04 bits per heavy atom. The predicted octanol–water partition coefficient (Wildman–Crippen LogP) is 1.38. The summed E-state index contributed by atoms with van der Waals surface area (Å²) in [6.07, 6.45) is 6.81. The van der Waals surface area contributed by atoms with Gasteiger partial charge < -0.3 is 10.4 Å². The first kappa shape index (κ1) is 18.4. The highest BCUT2D eigenvalue weighted by molar-refractivity contribution is 5.90. The highest BCUT2D eigenvalue weighted by Gasteiger charge is 2.12. The lowest BCUT2D eigenvalue weighted by Crippen LogP contribution is -2.17. The van der Waals surface area contributed by atoms with Crippen molar-refractivity contribution in [1.29, 1.82) is 0 Å². The summed E-state index contributed by atoms with van der Waals surface area (Å²) in [4.78, 5) is 23.1. The van der Waals surface area contributed by atoms with Gasteiger partial charge in [0.05, 0.1) is 30.7 Å². The Morgan fingerprint density at radius 1 is 1.22 bits per heavy atom. The van der Waals surface area contributed by atoms with Crippen molar-refractivity contribution in [3.8, 4) is 0 Å². The molecule has 2 N–H and O–H groups in total. The number of nitrogens with one attached hydrogen (secondary N) is 1. The van der Waals surface area contributed by atoms with E-state index in [0.29, 0.717) is 12.2 Å². The van der Waals surface area contributed by atoms with E-state index in [1.807, 2.05) is 24.7 Å². The zero-order valence-electron chi connectivity index (χ0n) is 15.2. The van der Waals surface area contributed by atoms with Crippen LogP contribution in [0.3, 0.4) is 0 Å². The minimum Gasteiger partial charge on any atom is -0.477 e. The number of carboxylic acids is 1. The molecule has 3 heterocycles. The fourth-order valence-electron chi connectivity index (χ4n) is 2.69. The number of rotatable bonds is 8. The van der Waals surface area contributed by atoms with Gasteiger partial charge in [-0.1, -0.05) is 0 Å². The molecule has 0 atom stereocenters. The van der Waals surface area contributed by atoms with Crippen molar-refractivity contribution in [3.63, 3.8) is 0 Å². The number of carbonyl (C=O) groups excluding carboxylic acids is 1. The number of carboxylic acid groups (broad SMARTS) is 1. The highest BCUT2D eigenvalue weighted by atomic mass is 16.4. The summed E-state index contributed by atoms with van der Waals surface area (Å²) in [5.74, 6) is -1.31. The van der Waals surface area contributed by atoms with Gasteiger partial charge in [-0.05, 0) is 19.9 Å². The fraction of sp³-hybridized carbons (Fsp3) is 0.353. The summed E-state index contributed by atoms with van der Waals surface area (Å²) >= 11 is 0. The normalized spacial score (nSPS) is 10.9. The molecule has 0 spiro atoms. The molecule has 10 heteroatoms. The predicted molar refractivity (Wildman–Crippen MR) is 96.4 cm³/mol. The van der Waals surface area contributed by atoms with Crippen LogP contribution >= 0.6 is 0 Å². The number of hydrogen-bond acceptors (Lipinski definition) is 5. The molecule has 1 amide bonds. The van der Waals surface area contributed by atoms with Gasteiger partial charge in [0.2, 0.25) is 5.91 Å². The number of anilines is 1. The smallest absolute Gasteiger partial charge is 0.354 e. The van der Waals surface area contributed by atoms with Crippen LogP contribution in [-0.4, -0.2) is 46.3 Å². The first-order valence-corrected chi connectivity index (χ1v) is 8.56. The SMILES string of the molecule is CCn1cc(Cn2cc(NC(=O)CCn3nccc3C(=O)O)cn2)c(C)n1. The Hall–Kier alpha value is -3.43. The van der Waals surface area contributed by atoms with Crippen molar-refractivity contribution in [3.05, 3.63) is 47.8 Å². The van der Waals surface area contributed by atoms with Crippen LogP contribution < -0.4 is 5.32 Å². The van der Waals surface area contributed by atoms with E-state index in [1.165, 1.54) is 16.9 Å². The van der Waals surface area contributed by atoms with Crippen molar-refractivity contribution in [2.24, 2.45) is 0 Å². The molecule has 0 saturated carbocycles. The zero-order chi connectivity index (χ0) is 19.4. The van der Waals surface area contributed by atoms with E-state index < -0.39 is 5.97 Å². The average molecular weight is 371 g/mol. The molecule has 0 unspecified atom stereocenters. The third-order valence-corrected chi connectivity index (χ3v) is 4.11. The summed E-state index contributed by atoms with van der Waals surface area (Å²) in [7, 11) is 0. The number of aryl methyl sites for hydroxylation is 3. The van der Waals surface area contributed by atoms with E-state index in [-0.39, 0.29) is 24.6 Å². The molecule has 27 heavy (non-hydrogen) atoms. The molecule has 3 aromatic heterocycles. The molecule has 0 aliphatic carbocycles. The standard InChI is InChI=1S/C17H21N7O3/c1-3-22-9-13(12(2)21-22)10-23-11-14(8-19-23)20-16(25)5-7-24-15(17(26)27)4-6-18-24/h4,6,8-9,11H,3,5,7,10H2,1-2H3,(H,20,25)(H,26,27). The van der Waals surface area contributed by atoms with Gasteiger partial charge in [-0.15, -0.1) is 0 Å².